The van der Waals surface area contributed by atoms with Crippen molar-refractivity contribution >= 4 is 0 Å². The van der Waals surface area contributed by atoms with Crippen LogP contribution in [0.3, 0.4) is 0 Å². The lowest BCUT2D eigenvalue weighted by Gasteiger charge is -2.34. The van der Waals surface area contributed by atoms with E-state index in [1.807, 2.05) is 0 Å². The smallest absolute Gasteiger partial charge is 0.0541 e. The number of aliphatic hydroxyl groups is 1. The van der Waals surface area contributed by atoms with Crippen LogP contribution in [-0.4, -0.2) is 23.3 Å². The van der Waals surface area contributed by atoms with Crippen LogP contribution in [0.2, 0.25) is 0 Å². The van der Waals surface area contributed by atoms with E-state index >= 15 is 0 Å². The van der Waals surface area contributed by atoms with Crippen LogP contribution in [0, 0.1) is 5.92 Å². The van der Waals surface area contributed by atoms with Crippen molar-refractivity contribution in [3.05, 3.63) is 0 Å². The van der Waals surface area contributed by atoms with Gasteiger partial charge in [0.1, 0.15) is 0 Å². The van der Waals surface area contributed by atoms with Crippen LogP contribution in [0.15, 0.2) is 0 Å². The van der Waals surface area contributed by atoms with Gasteiger partial charge in [-0.15, -0.1) is 0 Å². The highest BCUT2D eigenvalue weighted by Gasteiger charge is 2.25. The molecular formula is C14H27NO. The largest absolute Gasteiger partial charge is 0.393 e. The van der Waals surface area contributed by atoms with Crippen LogP contribution in [0.25, 0.3) is 0 Å². The highest BCUT2D eigenvalue weighted by molar-refractivity contribution is 4.83. The van der Waals surface area contributed by atoms with Crippen LogP contribution < -0.4 is 5.32 Å². The molecule has 2 saturated carbocycles. The first-order valence-electron chi connectivity index (χ1n) is 7.22. The van der Waals surface area contributed by atoms with Crippen LogP contribution in [0.1, 0.15) is 64.7 Å². The summed E-state index contributed by atoms with van der Waals surface area (Å²) < 4.78 is 0. The van der Waals surface area contributed by atoms with Gasteiger partial charge < -0.3 is 10.4 Å². The average molecular weight is 225 g/mol. The summed E-state index contributed by atoms with van der Waals surface area (Å²) in [5.41, 5.74) is 0. The lowest BCUT2D eigenvalue weighted by Crippen LogP contribution is -2.43. The molecule has 0 amide bonds. The summed E-state index contributed by atoms with van der Waals surface area (Å²) in [6.45, 7) is 2.32. The van der Waals surface area contributed by atoms with E-state index in [4.69, 9.17) is 0 Å². The van der Waals surface area contributed by atoms with Gasteiger partial charge in [-0.2, -0.15) is 0 Å². The minimum absolute atomic E-state index is 0.0206. The summed E-state index contributed by atoms with van der Waals surface area (Å²) >= 11 is 0. The van der Waals surface area contributed by atoms with Gasteiger partial charge in [0.05, 0.1) is 6.10 Å². The molecule has 94 valence electrons. The molecule has 2 aliphatic rings. The van der Waals surface area contributed by atoms with Gasteiger partial charge in [-0.25, -0.2) is 0 Å². The van der Waals surface area contributed by atoms with Gasteiger partial charge in [-0.05, 0) is 44.4 Å². The molecule has 0 heterocycles. The Morgan fingerprint density at radius 3 is 2.44 bits per heavy atom. The zero-order chi connectivity index (χ0) is 11.4. The van der Waals surface area contributed by atoms with Gasteiger partial charge in [-0.3, -0.25) is 0 Å². The third-order valence-corrected chi connectivity index (χ3v) is 4.53. The molecule has 2 rings (SSSR count). The summed E-state index contributed by atoms with van der Waals surface area (Å²) in [6, 6.07) is 1.45. The molecule has 2 aliphatic carbocycles. The Labute approximate surface area is 99.8 Å². The second-order valence-electron chi connectivity index (χ2n) is 5.81. The minimum atomic E-state index is -0.0206. The van der Waals surface area contributed by atoms with Crippen LogP contribution in [0.5, 0.6) is 0 Å². The fraction of sp³-hybridized carbons (Fsp3) is 1.00. The van der Waals surface area contributed by atoms with Crippen molar-refractivity contribution in [3.8, 4) is 0 Å². The molecule has 2 atom stereocenters. The molecule has 0 aromatic carbocycles. The molecule has 0 saturated heterocycles. The molecule has 2 fully saturated rings. The standard InChI is InChI=1S/C14H27NO/c1-2-11-4-3-5-13(10-11)15-12-6-8-14(16)9-7-12/h11-16H,2-10H2,1H3. The summed E-state index contributed by atoms with van der Waals surface area (Å²) in [5.74, 6) is 0.959. The molecule has 0 radical (unpaired) electrons. The number of hydrogen-bond donors (Lipinski definition) is 2. The van der Waals surface area contributed by atoms with Crippen LogP contribution in [-0.2, 0) is 0 Å². The lowest BCUT2D eigenvalue weighted by atomic mass is 9.83. The van der Waals surface area contributed by atoms with E-state index in [1.165, 1.54) is 44.9 Å². The molecule has 0 spiro atoms. The van der Waals surface area contributed by atoms with Gasteiger partial charge in [0.15, 0.2) is 0 Å². The Hall–Kier alpha value is -0.0800. The first-order chi connectivity index (χ1) is 7.78. The predicted molar refractivity (Wildman–Crippen MR) is 67.4 cm³/mol. The summed E-state index contributed by atoms with van der Waals surface area (Å²) in [4.78, 5) is 0. The summed E-state index contributed by atoms with van der Waals surface area (Å²) in [6.07, 6.45) is 11.3. The van der Waals surface area contributed by atoms with Gasteiger partial charge in [0.2, 0.25) is 0 Å². The molecule has 16 heavy (non-hydrogen) atoms. The topological polar surface area (TPSA) is 32.3 Å². The molecule has 2 nitrogen and oxygen atoms in total. The Balaban J connectivity index is 1.72. The van der Waals surface area contributed by atoms with Crippen LogP contribution >= 0.6 is 0 Å². The molecule has 2 N–H and O–H groups in total. The van der Waals surface area contributed by atoms with E-state index in [9.17, 15) is 5.11 Å². The van der Waals surface area contributed by atoms with E-state index in [2.05, 4.69) is 12.2 Å². The van der Waals surface area contributed by atoms with E-state index < -0.39 is 0 Å². The van der Waals surface area contributed by atoms with Crippen molar-refractivity contribution in [2.45, 2.75) is 82.9 Å². The van der Waals surface area contributed by atoms with Gasteiger partial charge in [0.25, 0.3) is 0 Å². The van der Waals surface area contributed by atoms with Crippen molar-refractivity contribution in [1.82, 2.24) is 5.32 Å². The third kappa shape index (κ3) is 3.46. The maximum atomic E-state index is 9.49. The highest BCUT2D eigenvalue weighted by atomic mass is 16.3. The Bertz CT molecular complexity index is 199. The second-order valence-corrected chi connectivity index (χ2v) is 5.81. The maximum Gasteiger partial charge on any atom is 0.0541 e. The predicted octanol–water partition coefficient (Wildman–Crippen LogP) is 2.85. The van der Waals surface area contributed by atoms with Gasteiger partial charge in [-0.1, -0.05) is 26.2 Å². The van der Waals surface area contributed by atoms with Crippen molar-refractivity contribution in [2.75, 3.05) is 0 Å². The molecular weight excluding hydrogens is 198 g/mol. The fourth-order valence-electron chi connectivity index (χ4n) is 3.39. The highest BCUT2D eigenvalue weighted by Crippen LogP contribution is 2.28. The molecule has 0 aromatic rings. The maximum absolute atomic E-state index is 9.49. The number of hydrogen-bond acceptors (Lipinski definition) is 2. The lowest BCUT2D eigenvalue weighted by molar-refractivity contribution is 0.110. The zero-order valence-corrected chi connectivity index (χ0v) is 10.6. The van der Waals surface area contributed by atoms with Crippen LogP contribution in [0.4, 0.5) is 0 Å². The second kappa shape index (κ2) is 6.02. The number of rotatable bonds is 3. The molecule has 0 aliphatic heterocycles. The monoisotopic (exact) mass is 225 g/mol. The van der Waals surface area contributed by atoms with E-state index in [1.54, 1.807) is 0 Å². The Kier molecular flexibility index (Phi) is 4.66. The summed E-state index contributed by atoms with van der Waals surface area (Å²) in [5, 5.41) is 13.3. The Morgan fingerprint density at radius 2 is 1.75 bits per heavy atom. The van der Waals surface area contributed by atoms with Gasteiger partial charge >= 0.3 is 0 Å². The van der Waals surface area contributed by atoms with Crippen molar-refractivity contribution < 1.29 is 5.11 Å². The van der Waals surface area contributed by atoms with E-state index in [0.717, 1.165) is 24.8 Å². The quantitative estimate of drug-likeness (QED) is 0.774. The number of nitrogens with one attached hydrogen (secondary N) is 1. The number of aliphatic hydroxyl groups excluding tert-OH is 1. The average Bonchev–Trinajstić information content (AvgIpc) is 2.32. The summed E-state index contributed by atoms with van der Waals surface area (Å²) in [7, 11) is 0. The molecule has 0 aromatic heterocycles. The Morgan fingerprint density at radius 1 is 1.00 bits per heavy atom. The first kappa shape index (κ1) is 12.4. The van der Waals surface area contributed by atoms with E-state index in [-0.39, 0.29) is 6.10 Å². The van der Waals surface area contributed by atoms with Gasteiger partial charge in [0, 0.05) is 12.1 Å². The first-order valence-corrected chi connectivity index (χ1v) is 7.22. The molecule has 2 unspecified atom stereocenters. The van der Waals surface area contributed by atoms with E-state index in [0.29, 0.717) is 6.04 Å². The van der Waals surface area contributed by atoms with Crippen molar-refractivity contribution in [2.24, 2.45) is 5.92 Å². The zero-order valence-electron chi connectivity index (χ0n) is 10.6. The van der Waals surface area contributed by atoms with Crippen molar-refractivity contribution in [3.63, 3.8) is 0 Å². The third-order valence-electron chi connectivity index (χ3n) is 4.53. The SMILES string of the molecule is CCC1CCCC(NC2CCC(O)CC2)C1. The molecule has 2 heteroatoms. The normalized spacial score (nSPS) is 40.9. The van der Waals surface area contributed by atoms with Crippen molar-refractivity contribution in [1.29, 1.82) is 0 Å². The molecule has 0 bridgehead atoms. The fourth-order valence-corrected chi connectivity index (χ4v) is 3.39. The minimum Gasteiger partial charge on any atom is -0.393 e.